The molecule has 1 N–H and O–H groups in total. The van der Waals surface area contributed by atoms with Crippen LogP contribution in [0.1, 0.15) is 33.5 Å². The van der Waals surface area contributed by atoms with E-state index in [2.05, 4.69) is 22.3 Å². The van der Waals surface area contributed by atoms with Gasteiger partial charge in [-0.25, -0.2) is 8.42 Å². The van der Waals surface area contributed by atoms with Crippen molar-refractivity contribution in [2.24, 2.45) is 0 Å². The number of hydrogen-bond acceptors (Lipinski definition) is 4. The van der Waals surface area contributed by atoms with Crippen molar-refractivity contribution < 1.29 is 13.2 Å². The lowest BCUT2D eigenvalue weighted by molar-refractivity contribution is 0.0953. The van der Waals surface area contributed by atoms with Crippen molar-refractivity contribution in [2.75, 3.05) is 35.6 Å². The fraction of sp³-hybridized carbons (Fsp3) is 0.296. The second-order valence-corrected chi connectivity index (χ2v) is 10.5. The minimum atomic E-state index is -3.47. The van der Waals surface area contributed by atoms with Crippen LogP contribution in [0.4, 0.5) is 11.4 Å². The van der Waals surface area contributed by atoms with Crippen molar-refractivity contribution in [3.63, 3.8) is 0 Å². The first-order chi connectivity index (χ1) is 16.1. The lowest BCUT2D eigenvalue weighted by Gasteiger charge is -2.25. The van der Waals surface area contributed by atoms with Crippen LogP contribution in [0.3, 0.4) is 0 Å². The zero-order chi connectivity index (χ0) is 24.7. The molecule has 3 aromatic carbocycles. The fourth-order valence-electron chi connectivity index (χ4n) is 3.73. The summed E-state index contributed by atoms with van der Waals surface area (Å²) in [5.41, 5.74) is 5.07. The van der Waals surface area contributed by atoms with E-state index in [9.17, 15) is 13.2 Å². The van der Waals surface area contributed by atoms with E-state index in [1.54, 1.807) is 24.3 Å². The van der Waals surface area contributed by atoms with Gasteiger partial charge in [0.2, 0.25) is 10.0 Å². The standard InChI is InChI=1S/C27H33N3O3S/c1-21-11-12-22(2)26(19-21)30(34(4,32)33)20-23-13-15-24(16-14-23)27(31)28-17-8-18-29(3)25-9-6-5-7-10-25/h5-7,9-16,19H,8,17-18,20H2,1-4H3,(H,28,31). The Kier molecular flexibility index (Phi) is 8.34. The molecule has 0 radical (unpaired) electrons. The highest BCUT2D eigenvalue weighted by Gasteiger charge is 2.20. The number of hydrogen-bond donors (Lipinski definition) is 1. The summed E-state index contributed by atoms with van der Waals surface area (Å²) >= 11 is 0. The van der Waals surface area contributed by atoms with Gasteiger partial charge in [0.15, 0.2) is 0 Å². The highest BCUT2D eigenvalue weighted by Crippen LogP contribution is 2.26. The third-order valence-corrected chi connectivity index (χ3v) is 6.86. The maximum absolute atomic E-state index is 12.5. The summed E-state index contributed by atoms with van der Waals surface area (Å²) in [7, 11) is -1.44. The second-order valence-electron chi connectivity index (χ2n) is 8.62. The van der Waals surface area contributed by atoms with Crippen LogP contribution in [0.5, 0.6) is 0 Å². The molecule has 0 heterocycles. The van der Waals surface area contributed by atoms with Crippen LogP contribution in [0.15, 0.2) is 72.8 Å². The number of anilines is 2. The maximum atomic E-state index is 12.5. The Labute approximate surface area is 203 Å². The second kappa shape index (κ2) is 11.2. The van der Waals surface area contributed by atoms with Crippen LogP contribution in [0.25, 0.3) is 0 Å². The fourth-order valence-corrected chi connectivity index (χ4v) is 4.67. The number of carbonyl (C=O) groups excluding carboxylic acids is 1. The average Bonchev–Trinajstić information content (AvgIpc) is 2.82. The minimum Gasteiger partial charge on any atom is -0.375 e. The number of aryl methyl sites for hydroxylation is 2. The number of sulfonamides is 1. The van der Waals surface area contributed by atoms with E-state index in [1.165, 1.54) is 10.6 Å². The third-order valence-electron chi connectivity index (χ3n) is 5.73. The van der Waals surface area contributed by atoms with Crippen LogP contribution in [0.2, 0.25) is 0 Å². The third kappa shape index (κ3) is 6.84. The highest BCUT2D eigenvalue weighted by molar-refractivity contribution is 7.92. The molecule has 0 saturated carbocycles. The van der Waals surface area contributed by atoms with E-state index in [4.69, 9.17) is 0 Å². The number of para-hydroxylation sites is 1. The van der Waals surface area contributed by atoms with Gasteiger partial charge in [0.25, 0.3) is 5.91 Å². The molecule has 0 aromatic heterocycles. The molecule has 7 heteroatoms. The Morgan fingerprint density at radius 3 is 2.26 bits per heavy atom. The molecule has 180 valence electrons. The molecule has 0 aliphatic heterocycles. The zero-order valence-corrected chi connectivity index (χ0v) is 21.1. The van der Waals surface area contributed by atoms with Crippen molar-refractivity contribution in [3.05, 3.63) is 95.1 Å². The summed E-state index contributed by atoms with van der Waals surface area (Å²) in [6.45, 7) is 5.46. The monoisotopic (exact) mass is 479 g/mol. The van der Waals surface area contributed by atoms with Crippen LogP contribution in [0, 0.1) is 13.8 Å². The van der Waals surface area contributed by atoms with Gasteiger partial charge in [0.1, 0.15) is 0 Å². The minimum absolute atomic E-state index is 0.136. The average molecular weight is 480 g/mol. The maximum Gasteiger partial charge on any atom is 0.251 e. The number of nitrogens with zero attached hydrogens (tertiary/aromatic N) is 2. The molecule has 0 fully saturated rings. The largest absolute Gasteiger partial charge is 0.375 e. The van der Waals surface area contributed by atoms with Gasteiger partial charge in [-0.15, -0.1) is 0 Å². The molecule has 0 atom stereocenters. The van der Waals surface area contributed by atoms with Gasteiger partial charge in [-0.3, -0.25) is 9.10 Å². The number of rotatable bonds is 10. The highest BCUT2D eigenvalue weighted by atomic mass is 32.2. The van der Waals surface area contributed by atoms with Crippen molar-refractivity contribution in [2.45, 2.75) is 26.8 Å². The van der Waals surface area contributed by atoms with E-state index in [0.29, 0.717) is 17.8 Å². The van der Waals surface area contributed by atoms with Gasteiger partial charge in [-0.2, -0.15) is 0 Å². The summed E-state index contributed by atoms with van der Waals surface area (Å²) in [6.07, 6.45) is 2.04. The summed E-state index contributed by atoms with van der Waals surface area (Å²) in [4.78, 5) is 14.7. The number of amides is 1. The van der Waals surface area contributed by atoms with Gasteiger partial charge in [-0.1, -0.05) is 42.5 Å². The topological polar surface area (TPSA) is 69.7 Å². The summed E-state index contributed by atoms with van der Waals surface area (Å²) in [5.74, 6) is -0.136. The smallest absolute Gasteiger partial charge is 0.251 e. The molecule has 0 unspecified atom stereocenters. The zero-order valence-electron chi connectivity index (χ0n) is 20.3. The van der Waals surface area contributed by atoms with Gasteiger partial charge in [-0.05, 0) is 67.3 Å². The first kappa shape index (κ1) is 25.3. The Balaban J connectivity index is 1.58. The first-order valence-corrected chi connectivity index (χ1v) is 13.2. The van der Waals surface area contributed by atoms with Crippen LogP contribution in [-0.2, 0) is 16.6 Å². The van der Waals surface area contributed by atoms with Crippen molar-refractivity contribution in [3.8, 4) is 0 Å². The molecular weight excluding hydrogens is 446 g/mol. The van der Waals surface area contributed by atoms with Crippen molar-refractivity contribution in [1.29, 1.82) is 0 Å². The van der Waals surface area contributed by atoms with Gasteiger partial charge in [0, 0.05) is 31.4 Å². The number of benzene rings is 3. The normalized spacial score (nSPS) is 11.2. The molecule has 0 aliphatic carbocycles. The van der Waals surface area contributed by atoms with Gasteiger partial charge in [0.05, 0.1) is 18.5 Å². The Hall–Kier alpha value is -3.32. The number of nitrogens with one attached hydrogen (secondary N) is 1. The SMILES string of the molecule is Cc1ccc(C)c(N(Cc2ccc(C(=O)NCCCN(C)c3ccccc3)cc2)S(C)(=O)=O)c1. The Morgan fingerprint density at radius 1 is 0.941 bits per heavy atom. The van der Waals surface area contributed by atoms with E-state index in [1.807, 2.05) is 57.3 Å². The lowest BCUT2D eigenvalue weighted by atomic mass is 10.1. The molecule has 1 amide bonds. The van der Waals surface area contributed by atoms with E-state index < -0.39 is 10.0 Å². The van der Waals surface area contributed by atoms with Gasteiger partial charge < -0.3 is 10.2 Å². The predicted molar refractivity (Wildman–Crippen MR) is 140 cm³/mol. The molecule has 0 bridgehead atoms. The lowest BCUT2D eigenvalue weighted by Crippen LogP contribution is -2.30. The van der Waals surface area contributed by atoms with Crippen LogP contribution < -0.4 is 14.5 Å². The molecule has 0 saturated heterocycles. The molecule has 3 aromatic rings. The van der Waals surface area contributed by atoms with Crippen LogP contribution >= 0.6 is 0 Å². The molecule has 0 aliphatic rings. The summed E-state index contributed by atoms with van der Waals surface area (Å²) in [5, 5.41) is 2.96. The summed E-state index contributed by atoms with van der Waals surface area (Å²) < 4.78 is 26.4. The Bertz CT molecular complexity index is 1210. The number of carbonyl (C=O) groups is 1. The molecule has 34 heavy (non-hydrogen) atoms. The molecule has 6 nitrogen and oxygen atoms in total. The van der Waals surface area contributed by atoms with E-state index in [-0.39, 0.29) is 12.5 Å². The van der Waals surface area contributed by atoms with E-state index in [0.717, 1.165) is 35.3 Å². The summed E-state index contributed by atoms with van der Waals surface area (Å²) in [6, 6.07) is 23.0. The molecule has 0 spiro atoms. The first-order valence-electron chi connectivity index (χ1n) is 11.3. The van der Waals surface area contributed by atoms with Crippen molar-refractivity contribution in [1.82, 2.24) is 5.32 Å². The molecular formula is C27H33N3O3S. The van der Waals surface area contributed by atoms with E-state index >= 15 is 0 Å². The van der Waals surface area contributed by atoms with Gasteiger partial charge >= 0.3 is 0 Å². The van der Waals surface area contributed by atoms with Crippen molar-refractivity contribution >= 4 is 27.3 Å². The predicted octanol–water partition coefficient (Wildman–Crippen LogP) is 4.53. The quantitative estimate of drug-likeness (QED) is 0.434. The van der Waals surface area contributed by atoms with Crippen LogP contribution in [-0.4, -0.2) is 40.7 Å². The molecule has 3 rings (SSSR count). The Morgan fingerprint density at radius 2 is 1.62 bits per heavy atom.